The van der Waals surface area contributed by atoms with E-state index in [0.29, 0.717) is 12.0 Å². The largest absolute Gasteiger partial charge is 0.512 e. The van der Waals surface area contributed by atoms with Gasteiger partial charge in [-0.05, 0) is 50.6 Å². The van der Waals surface area contributed by atoms with Crippen LogP contribution in [0.1, 0.15) is 30.5 Å². The second-order valence-corrected chi connectivity index (χ2v) is 6.72. The summed E-state index contributed by atoms with van der Waals surface area (Å²) in [5.41, 5.74) is 5.91. The van der Waals surface area contributed by atoms with Crippen molar-refractivity contribution in [2.45, 2.75) is 34.1 Å². The minimum atomic E-state index is -0.0686. The Balaban J connectivity index is 0.000000289. The van der Waals surface area contributed by atoms with Crippen molar-refractivity contribution >= 4 is 5.78 Å². The number of nitrogens with zero attached hydrogens (tertiary/aromatic N) is 1. The molecule has 1 heterocycles. The fourth-order valence-corrected chi connectivity index (χ4v) is 2.76. The van der Waals surface area contributed by atoms with Crippen LogP contribution in [0.3, 0.4) is 0 Å². The fourth-order valence-electron chi connectivity index (χ4n) is 2.76. The molecular formula is C25H26LrNO2-. The first-order valence-electron chi connectivity index (χ1n) is 9.22. The number of aryl methyl sites for hydroxylation is 2. The molecule has 0 saturated carbocycles. The Bertz CT molecular complexity index is 910. The van der Waals surface area contributed by atoms with E-state index in [4.69, 9.17) is 0 Å². The van der Waals surface area contributed by atoms with E-state index in [9.17, 15) is 9.90 Å². The molecule has 0 unspecified atom stereocenters. The average molecular weight is 634 g/mol. The van der Waals surface area contributed by atoms with Crippen LogP contribution in [0, 0.1) is 19.9 Å². The minimum absolute atomic E-state index is 0. The first kappa shape index (κ1) is 22.8. The van der Waals surface area contributed by atoms with Gasteiger partial charge in [-0.15, -0.1) is 35.9 Å². The van der Waals surface area contributed by atoms with Crippen LogP contribution in [0.5, 0.6) is 0 Å². The smallest absolute Gasteiger partial charge is 0.159 e. The molecule has 1 N–H and O–H groups in total. The van der Waals surface area contributed by atoms with E-state index in [0.717, 1.165) is 22.4 Å². The van der Waals surface area contributed by atoms with Gasteiger partial charge in [-0.2, -0.15) is 0 Å². The molecule has 0 bridgehead atoms. The molecule has 1 radical (unpaired) electrons. The third kappa shape index (κ3) is 6.79. The number of Topliss-reactive ketones (excluding diaryl/α,β-unsaturated/α-hetero) is 1. The van der Waals surface area contributed by atoms with Crippen molar-refractivity contribution in [3.63, 3.8) is 0 Å². The molecule has 3 nitrogen and oxygen atoms in total. The molecule has 3 rings (SSSR count). The molecule has 0 aliphatic heterocycles. The molecule has 1 aromatic heterocycles. The standard InChI is InChI=1S/C14H18O2.C11H8N.Lr/c1-9-5-6-10(2)13(7-9)8-14(11(3)15)12(4)16;1-2-6-10(7-3-1)11-8-4-5-9-12-11;/h5-7,15H,8H2,1-4H3;1-6,8-9H;/q;-1;/b14-11-;;. The summed E-state index contributed by atoms with van der Waals surface area (Å²) in [4.78, 5) is 15.6. The second-order valence-electron chi connectivity index (χ2n) is 6.72. The number of aromatic nitrogens is 1. The van der Waals surface area contributed by atoms with Gasteiger partial charge in [-0.25, -0.2) is 0 Å². The van der Waals surface area contributed by atoms with Crippen molar-refractivity contribution in [1.29, 1.82) is 0 Å². The summed E-state index contributed by atoms with van der Waals surface area (Å²) in [5, 5.41) is 9.46. The van der Waals surface area contributed by atoms with Gasteiger partial charge in [0.2, 0.25) is 0 Å². The van der Waals surface area contributed by atoms with Gasteiger partial charge in [0.15, 0.2) is 5.78 Å². The van der Waals surface area contributed by atoms with Gasteiger partial charge < -0.3 is 10.1 Å². The number of allylic oxidation sites excluding steroid dienone is 2. The molecule has 0 saturated heterocycles. The first-order chi connectivity index (χ1) is 13.4. The Morgan fingerprint density at radius 1 is 1.03 bits per heavy atom. The maximum atomic E-state index is 11.4. The predicted octanol–water partition coefficient (Wildman–Crippen LogP) is 5.82. The number of aliphatic hydroxyl groups excluding tert-OH is 1. The van der Waals surface area contributed by atoms with Crippen molar-refractivity contribution in [1.82, 2.24) is 4.98 Å². The van der Waals surface area contributed by atoms with Gasteiger partial charge in [0.25, 0.3) is 0 Å². The van der Waals surface area contributed by atoms with Gasteiger partial charge >= 0.3 is 0 Å². The average Bonchev–Trinajstić information content (AvgIpc) is 2.70. The van der Waals surface area contributed by atoms with Crippen LogP contribution >= 0.6 is 0 Å². The van der Waals surface area contributed by atoms with Crippen LogP contribution in [-0.4, -0.2) is 15.9 Å². The van der Waals surface area contributed by atoms with E-state index in [2.05, 4.69) is 17.1 Å². The number of hydrogen-bond acceptors (Lipinski definition) is 3. The Labute approximate surface area is 167 Å². The van der Waals surface area contributed by atoms with Crippen molar-refractivity contribution < 1.29 is 9.90 Å². The number of carbonyl (C=O) groups excluding carboxylic acids is 1. The number of carbonyl (C=O) groups is 1. The maximum Gasteiger partial charge on any atom is 0.159 e. The van der Waals surface area contributed by atoms with Crippen molar-refractivity contribution in [3.05, 3.63) is 101 Å². The predicted molar refractivity (Wildman–Crippen MR) is 114 cm³/mol. The topological polar surface area (TPSA) is 50.2 Å². The fraction of sp³-hybridized carbons (Fsp3) is 0.200. The summed E-state index contributed by atoms with van der Waals surface area (Å²) >= 11 is 0. The zero-order valence-corrected chi connectivity index (χ0v) is 19.3. The van der Waals surface area contributed by atoms with Crippen LogP contribution in [-0.2, 0) is 11.2 Å². The molecule has 0 aliphatic rings. The zero-order valence-electron chi connectivity index (χ0n) is 17.1. The summed E-state index contributed by atoms with van der Waals surface area (Å²) in [6.45, 7) is 7.08. The molecule has 0 aliphatic carbocycles. The monoisotopic (exact) mass is 634 g/mol. The molecule has 0 fully saturated rings. The van der Waals surface area contributed by atoms with Crippen LogP contribution < -0.4 is 0 Å². The number of rotatable bonds is 4. The van der Waals surface area contributed by atoms with E-state index < -0.39 is 0 Å². The van der Waals surface area contributed by atoms with Crippen LogP contribution in [0.2, 0.25) is 0 Å². The number of aliphatic hydroxyl groups is 1. The van der Waals surface area contributed by atoms with Crippen LogP contribution in [0.25, 0.3) is 11.3 Å². The molecule has 2 aromatic carbocycles. The Hall–Kier alpha value is -4.20. The van der Waals surface area contributed by atoms with E-state index in [1.54, 1.807) is 13.1 Å². The molecule has 159 valence electrons. The van der Waals surface area contributed by atoms with E-state index in [1.165, 1.54) is 12.5 Å². The van der Waals surface area contributed by atoms with Crippen LogP contribution in [0.15, 0.2) is 78.2 Å². The Morgan fingerprint density at radius 3 is 2.31 bits per heavy atom. The summed E-state index contributed by atoms with van der Waals surface area (Å²) in [5.74, 6) is 0.0503. The zero-order chi connectivity index (χ0) is 20.5. The van der Waals surface area contributed by atoms with E-state index >= 15 is 0 Å². The molecular weight excluding hydrogens is 608 g/mol. The molecule has 29 heavy (non-hydrogen) atoms. The first-order valence-corrected chi connectivity index (χ1v) is 9.22. The van der Waals surface area contributed by atoms with Gasteiger partial charge in [0.1, 0.15) is 0 Å². The Morgan fingerprint density at radius 2 is 1.76 bits per heavy atom. The van der Waals surface area contributed by atoms with Crippen molar-refractivity contribution in [3.8, 4) is 11.3 Å². The van der Waals surface area contributed by atoms with Gasteiger partial charge in [0.05, 0.1) is 5.76 Å². The number of pyridine rings is 1. The maximum absolute atomic E-state index is 11.4. The van der Waals surface area contributed by atoms with Gasteiger partial charge in [0, 0.05) is 18.2 Å². The minimum Gasteiger partial charge on any atom is -0.512 e. The normalized spacial score (nSPS) is 10.8. The molecule has 4 heteroatoms. The number of benzene rings is 2. The SMILES string of the molecule is CC(=O)/C(Cc1cc(C)ccc1C)=C(/C)O.[Lr].[c-]1ccccc1-c1ccccn1. The number of hydrogen-bond donors (Lipinski definition) is 1. The summed E-state index contributed by atoms with van der Waals surface area (Å²) in [6.07, 6.45) is 2.29. The number of ketones is 1. The summed E-state index contributed by atoms with van der Waals surface area (Å²) in [6, 6.07) is 23.0. The van der Waals surface area contributed by atoms with Crippen molar-refractivity contribution in [2.75, 3.05) is 0 Å². The molecule has 0 atom stereocenters. The van der Waals surface area contributed by atoms with E-state index in [-0.39, 0.29) is 11.5 Å². The van der Waals surface area contributed by atoms with Gasteiger partial charge in [-0.3, -0.25) is 4.79 Å². The quantitative estimate of drug-likeness (QED) is 0.224. The second kappa shape index (κ2) is 10.8. The summed E-state index contributed by atoms with van der Waals surface area (Å²) < 4.78 is 0. The van der Waals surface area contributed by atoms with Crippen molar-refractivity contribution in [2.24, 2.45) is 0 Å². The third-order valence-electron chi connectivity index (χ3n) is 4.38. The van der Waals surface area contributed by atoms with Crippen LogP contribution in [0.4, 0.5) is 0 Å². The van der Waals surface area contributed by atoms with Gasteiger partial charge in [-0.1, -0.05) is 35.9 Å². The Kier molecular flexibility index (Phi) is 8.53. The van der Waals surface area contributed by atoms with E-state index in [1.807, 2.05) is 68.4 Å². The summed E-state index contributed by atoms with van der Waals surface area (Å²) in [7, 11) is 0. The molecule has 0 amide bonds. The molecule has 0 spiro atoms. The third-order valence-corrected chi connectivity index (χ3v) is 4.38. The molecule has 3 aromatic rings.